The quantitative estimate of drug-likeness (QED) is 0.647. The minimum Gasteiger partial charge on any atom is -0.347 e. The molecule has 1 aliphatic heterocycles. The van der Waals surface area contributed by atoms with Crippen molar-refractivity contribution >= 4 is 33.7 Å². The number of carbonyl (C=O) groups excluding carboxylic acids is 1. The average molecular weight is 431 g/mol. The van der Waals surface area contributed by atoms with Crippen molar-refractivity contribution in [2.45, 2.75) is 12.5 Å². The van der Waals surface area contributed by atoms with Crippen LogP contribution >= 0.6 is 22.7 Å². The Kier molecular flexibility index (Phi) is 6.53. The molecule has 0 aliphatic carbocycles. The first kappa shape index (κ1) is 20.0. The van der Waals surface area contributed by atoms with Gasteiger partial charge in [-0.2, -0.15) is 0 Å². The molecule has 1 atom stereocenters. The molecule has 3 aromatic rings. The molecule has 0 radical (unpaired) electrons. The van der Waals surface area contributed by atoms with E-state index >= 15 is 0 Å². The van der Waals surface area contributed by atoms with Crippen molar-refractivity contribution in [1.82, 2.24) is 15.2 Å². The van der Waals surface area contributed by atoms with Crippen LogP contribution in [0.4, 0.5) is 9.52 Å². The number of carbonyl (C=O) groups is 1. The third-order valence-corrected chi connectivity index (χ3v) is 6.75. The molecule has 8 heteroatoms. The summed E-state index contributed by atoms with van der Waals surface area (Å²) in [6.07, 6.45) is 2.83. The lowest BCUT2D eigenvalue weighted by Crippen LogP contribution is -2.40. The molecule has 4 rings (SSSR count). The van der Waals surface area contributed by atoms with E-state index in [0.29, 0.717) is 6.54 Å². The van der Waals surface area contributed by atoms with Gasteiger partial charge in [-0.05, 0) is 35.6 Å². The van der Waals surface area contributed by atoms with Gasteiger partial charge in [-0.3, -0.25) is 9.69 Å². The fraction of sp³-hybridized carbons (Fsp3) is 0.333. The van der Waals surface area contributed by atoms with Crippen LogP contribution in [0.1, 0.15) is 22.9 Å². The van der Waals surface area contributed by atoms with Gasteiger partial charge in [-0.1, -0.05) is 18.2 Å². The number of thiophene rings is 1. The molecule has 1 aromatic carbocycles. The molecule has 5 nitrogen and oxygen atoms in total. The second-order valence-corrected chi connectivity index (χ2v) is 8.85. The first-order chi connectivity index (χ1) is 14.2. The molecule has 152 valence electrons. The number of aromatic nitrogens is 1. The molecular weight excluding hydrogens is 407 g/mol. The molecular formula is C21H23FN4OS2. The van der Waals surface area contributed by atoms with Gasteiger partial charge < -0.3 is 10.2 Å². The summed E-state index contributed by atoms with van der Waals surface area (Å²) in [5, 5.41) is 8.17. The van der Waals surface area contributed by atoms with Crippen molar-refractivity contribution in [2.75, 3.05) is 37.6 Å². The van der Waals surface area contributed by atoms with Gasteiger partial charge in [0.05, 0.1) is 12.6 Å². The van der Waals surface area contributed by atoms with Crippen molar-refractivity contribution in [1.29, 1.82) is 0 Å². The number of amides is 1. The zero-order chi connectivity index (χ0) is 20.1. The van der Waals surface area contributed by atoms with Crippen molar-refractivity contribution < 1.29 is 9.18 Å². The van der Waals surface area contributed by atoms with Crippen LogP contribution < -0.4 is 10.2 Å². The summed E-state index contributed by atoms with van der Waals surface area (Å²) in [7, 11) is 0. The van der Waals surface area contributed by atoms with E-state index in [4.69, 9.17) is 0 Å². The second-order valence-electron chi connectivity index (χ2n) is 7.00. The monoisotopic (exact) mass is 430 g/mol. The number of nitrogens with zero attached hydrogens (tertiary/aromatic N) is 3. The lowest BCUT2D eigenvalue weighted by Gasteiger charge is -2.23. The van der Waals surface area contributed by atoms with Gasteiger partial charge in [-0.25, -0.2) is 9.37 Å². The lowest BCUT2D eigenvalue weighted by atomic mass is 10.1. The molecule has 1 N–H and O–H groups in total. The maximum absolute atomic E-state index is 13.3. The molecule has 0 saturated carbocycles. The van der Waals surface area contributed by atoms with Gasteiger partial charge >= 0.3 is 0 Å². The molecule has 1 amide bonds. The standard InChI is InChI=1S/C21H23FN4OS2/c22-17-6-4-16(5-7-17)20(18-3-1-13-28-18)24-19(27)15-25-9-2-10-26(12-11-25)21-23-8-14-29-21/h1,3-8,13-14,20H,2,9-12,15H2,(H,24,27). The van der Waals surface area contributed by atoms with E-state index in [2.05, 4.69) is 20.1 Å². The van der Waals surface area contributed by atoms with E-state index in [1.54, 1.807) is 34.8 Å². The van der Waals surface area contributed by atoms with Crippen LogP contribution in [0.2, 0.25) is 0 Å². The Morgan fingerprint density at radius 1 is 1.10 bits per heavy atom. The van der Waals surface area contributed by atoms with E-state index < -0.39 is 0 Å². The second kappa shape index (κ2) is 9.47. The van der Waals surface area contributed by atoms with E-state index in [0.717, 1.165) is 48.2 Å². The third-order valence-electron chi connectivity index (χ3n) is 4.98. The smallest absolute Gasteiger partial charge is 0.234 e. The first-order valence-corrected chi connectivity index (χ1v) is 11.4. The number of hydrogen-bond donors (Lipinski definition) is 1. The molecule has 3 heterocycles. The molecule has 0 spiro atoms. The number of anilines is 1. The van der Waals surface area contributed by atoms with Crippen LogP contribution in [0.25, 0.3) is 0 Å². The van der Waals surface area contributed by atoms with Crippen LogP contribution in [0, 0.1) is 5.82 Å². The van der Waals surface area contributed by atoms with E-state index in [1.165, 1.54) is 12.1 Å². The highest BCUT2D eigenvalue weighted by Gasteiger charge is 2.22. The highest BCUT2D eigenvalue weighted by Crippen LogP contribution is 2.26. The van der Waals surface area contributed by atoms with Gasteiger partial charge in [-0.15, -0.1) is 22.7 Å². The Morgan fingerprint density at radius 3 is 2.69 bits per heavy atom. The Morgan fingerprint density at radius 2 is 1.97 bits per heavy atom. The van der Waals surface area contributed by atoms with Gasteiger partial charge in [0.25, 0.3) is 0 Å². The summed E-state index contributed by atoms with van der Waals surface area (Å²) >= 11 is 3.24. The largest absolute Gasteiger partial charge is 0.347 e. The van der Waals surface area contributed by atoms with Gasteiger partial charge in [0.2, 0.25) is 5.91 Å². The van der Waals surface area contributed by atoms with E-state index in [9.17, 15) is 9.18 Å². The Hall–Kier alpha value is -2.29. The fourth-order valence-electron chi connectivity index (χ4n) is 3.53. The molecule has 1 unspecified atom stereocenters. The normalized spacial score (nSPS) is 16.4. The Bertz CT molecular complexity index is 899. The maximum atomic E-state index is 13.3. The number of thiazole rings is 1. The summed E-state index contributed by atoms with van der Waals surface area (Å²) in [6.45, 7) is 3.89. The summed E-state index contributed by atoms with van der Waals surface area (Å²) in [4.78, 5) is 22.7. The Labute approximate surface area is 177 Å². The summed E-state index contributed by atoms with van der Waals surface area (Å²) < 4.78 is 13.3. The minimum atomic E-state index is -0.278. The minimum absolute atomic E-state index is 0.0181. The third kappa shape index (κ3) is 5.20. The van der Waals surface area contributed by atoms with E-state index in [-0.39, 0.29) is 17.8 Å². The summed E-state index contributed by atoms with van der Waals surface area (Å²) in [5.74, 6) is -0.296. The van der Waals surface area contributed by atoms with Crippen LogP contribution in [0.15, 0.2) is 53.4 Å². The van der Waals surface area contributed by atoms with Gasteiger partial charge in [0.1, 0.15) is 5.82 Å². The Balaban J connectivity index is 1.38. The van der Waals surface area contributed by atoms with Crippen molar-refractivity contribution in [3.8, 4) is 0 Å². The van der Waals surface area contributed by atoms with Crippen molar-refractivity contribution in [3.05, 3.63) is 69.6 Å². The predicted octanol–water partition coefficient (Wildman–Crippen LogP) is 3.76. The molecule has 1 aliphatic rings. The zero-order valence-electron chi connectivity index (χ0n) is 16.0. The molecule has 1 saturated heterocycles. The SMILES string of the molecule is O=C(CN1CCCN(c2nccs2)CC1)NC(c1ccc(F)cc1)c1cccs1. The van der Waals surface area contributed by atoms with E-state index in [1.807, 2.05) is 29.1 Å². The number of nitrogens with one attached hydrogen (secondary N) is 1. The van der Waals surface area contributed by atoms with Gasteiger partial charge in [0, 0.05) is 42.6 Å². The topological polar surface area (TPSA) is 48.5 Å². The van der Waals surface area contributed by atoms with Crippen LogP contribution in [0.3, 0.4) is 0 Å². The maximum Gasteiger partial charge on any atom is 0.234 e. The fourth-order valence-corrected chi connectivity index (χ4v) is 5.03. The van der Waals surface area contributed by atoms with Crippen molar-refractivity contribution in [2.24, 2.45) is 0 Å². The molecule has 29 heavy (non-hydrogen) atoms. The molecule has 1 fully saturated rings. The van der Waals surface area contributed by atoms with Gasteiger partial charge in [0.15, 0.2) is 5.13 Å². The first-order valence-electron chi connectivity index (χ1n) is 9.64. The summed E-state index contributed by atoms with van der Waals surface area (Å²) in [5.41, 5.74) is 0.882. The number of halogens is 1. The zero-order valence-corrected chi connectivity index (χ0v) is 17.6. The highest BCUT2D eigenvalue weighted by molar-refractivity contribution is 7.13. The van der Waals surface area contributed by atoms with Crippen LogP contribution in [-0.2, 0) is 4.79 Å². The molecule has 2 aromatic heterocycles. The van der Waals surface area contributed by atoms with Crippen LogP contribution in [-0.4, -0.2) is 48.5 Å². The highest BCUT2D eigenvalue weighted by atomic mass is 32.1. The summed E-state index contributed by atoms with van der Waals surface area (Å²) in [6, 6.07) is 10.0. The number of rotatable bonds is 6. The predicted molar refractivity (Wildman–Crippen MR) is 116 cm³/mol. The average Bonchev–Trinajstić information content (AvgIpc) is 3.40. The van der Waals surface area contributed by atoms with Crippen LogP contribution in [0.5, 0.6) is 0 Å². The number of benzene rings is 1. The lowest BCUT2D eigenvalue weighted by molar-refractivity contribution is -0.122. The van der Waals surface area contributed by atoms with Crippen molar-refractivity contribution in [3.63, 3.8) is 0 Å². The number of hydrogen-bond acceptors (Lipinski definition) is 6. The molecule has 0 bridgehead atoms.